The van der Waals surface area contributed by atoms with E-state index >= 15 is 0 Å². The number of hydrogen-bond acceptors (Lipinski definition) is 3. The fraction of sp³-hybridized carbons (Fsp3) is 0.455. The van der Waals surface area contributed by atoms with E-state index in [1.807, 2.05) is 0 Å². The predicted octanol–water partition coefficient (Wildman–Crippen LogP) is -0.551. The van der Waals surface area contributed by atoms with Gasteiger partial charge in [0.25, 0.3) is 0 Å². The van der Waals surface area contributed by atoms with E-state index in [9.17, 15) is 8.42 Å². The molecule has 0 radical (unpaired) electrons. The highest BCUT2D eigenvalue weighted by Crippen LogP contribution is 2.17. The molecule has 0 aliphatic carbocycles. The van der Waals surface area contributed by atoms with Crippen LogP contribution >= 0.6 is 0 Å². The Kier molecular flexibility index (Phi) is 3.78. The monoisotopic (exact) mass is 257 g/mol. The van der Waals surface area contributed by atoms with Crippen LogP contribution in [0.2, 0.25) is 0 Å². The molecule has 0 aromatic heterocycles. The average Bonchev–Trinajstić information content (AvgIpc) is 2.40. The predicted molar refractivity (Wildman–Crippen MR) is 62.6 cm³/mol. The summed E-state index contributed by atoms with van der Waals surface area (Å²) < 4.78 is 31.1. The van der Waals surface area contributed by atoms with Crippen molar-refractivity contribution in [3.05, 3.63) is 29.8 Å². The molecule has 2 rings (SSSR count). The molecule has 0 atom stereocenters. The van der Waals surface area contributed by atoms with Gasteiger partial charge in [0, 0.05) is 18.7 Å². The lowest BCUT2D eigenvalue weighted by atomic mass is 10.2. The zero-order valence-corrected chi connectivity index (χ0v) is 10.4. The molecular weight excluding hydrogens is 240 g/mol. The van der Waals surface area contributed by atoms with E-state index in [1.54, 1.807) is 24.3 Å². The number of ether oxygens (including phenoxy) is 1. The molecule has 1 fully saturated rings. The standard InChI is InChI=1S/C11H16N2O3S/c12-9-10-1-3-11(4-2-10)17(14,15)13-5-7-16-8-6-13/h1-4H,5-9,12H2/p+1. The van der Waals surface area contributed by atoms with Crippen LogP contribution in [0.3, 0.4) is 0 Å². The molecule has 94 valence electrons. The highest BCUT2D eigenvalue weighted by Gasteiger charge is 2.25. The molecule has 1 saturated heterocycles. The molecule has 1 heterocycles. The molecule has 1 aliphatic rings. The first kappa shape index (κ1) is 12.5. The van der Waals surface area contributed by atoms with Gasteiger partial charge >= 0.3 is 0 Å². The second-order valence-electron chi connectivity index (χ2n) is 3.91. The Labute approximate surface area is 101 Å². The third-order valence-electron chi connectivity index (χ3n) is 2.82. The van der Waals surface area contributed by atoms with Crippen LogP contribution < -0.4 is 5.73 Å². The molecule has 0 bridgehead atoms. The lowest BCUT2D eigenvalue weighted by Crippen LogP contribution is -2.47. The Morgan fingerprint density at radius 3 is 2.29 bits per heavy atom. The van der Waals surface area contributed by atoms with Crippen LogP contribution in [0.25, 0.3) is 0 Å². The SMILES string of the molecule is [NH3+]Cc1ccc(S(=O)(=O)N2CCOCC2)cc1. The molecule has 6 heteroatoms. The topological polar surface area (TPSA) is 74.2 Å². The van der Waals surface area contributed by atoms with Crippen molar-refractivity contribution in [1.29, 1.82) is 0 Å². The van der Waals surface area contributed by atoms with Crippen LogP contribution in [0.1, 0.15) is 5.56 Å². The van der Waals surface area contributed by atoms with Gasteiger partial charge in [0.2, 0.25) is 10.0 Å². The summed E-state index contributed by atoms with van der Waals surface area (Å²) in [6.45, 7) is 2.46. The zero-order valence-electron chi connectivity index (χ0n) is 9.63. The van der Waals surface area contributed by atoms with Gasteiger partial charge in [-0.15, -0.1) is 0 Å². The Bertz CT molecular complexity index is 464. The van der Waals surface area contributed by atoms with Crippen molar-refractivity contribution in [2.24, 2.45) is 0 Å². The number of rotatable bonds is 3. The lowest BCUT2D eigenvalue weighted by molar-refractivity contribution is -0.386. The van der Waals surface area contributed by atoms with Crippen LogP contribution in [0.4, 0.5) is 0 Å². The van der Waals surface area contributed by atoms with Crippen LogP contribution in [0.5, 0.6) is 0 Å². The second kappa shape index (κ2) is 5.14. The fourth-order valence-electron chi connectivity index (χ4n) is 1.76. The van der Waals surface area contributed by atoms with Crippen molar-refractivity contribution in [1.82, 2.24) is 4.31 Å². The number of quaternary nitrogens is 1. The first-order chi connectivity index (χ1) is 8.14. The molecule has 1 aromatic rings. The molecule has 0 spiro atoms. The van der Waals surface area contributed by atoms with Crippen molar-refractivity contribution in [3.8, 4) is 0 Å². The minimum Gasteiger partial charge on any atom is -0.379 e. The Balaban J connectivity index is 2.23. The number of morpholine rings is 1. The minimum atomic E-state index is -3.35. The molecule has 17 heavy (non-hydrogen) atoms. The van der Waals surface area contributed by atoms with Crippen LogP contribution in [0, 0.1) is 0 Å². The van der Waals surface area contributed by atoms with Gasteiger partial charge in [-0.1, -0.05) is 12.1 Å². The first-order valence-electron chi connectivity index (χ1n) is 5.60. The summed E-state index contributed by atoms with van der Waals surface area (Å²) in [7, 11) is -3.35. The third-order valence-corrected chi connectivity index (χ3v) is 4.73. The molecule has 5 nitrogen and oxygen atoms in total. The van der Waals surface area contributed by atoms with E-state index in [0.29, 0.717) is 37.7 Å². The Morgan fingerprint density at radius 1 is 1.18 bits per heavy atom. The highest BCUT2D eigenvalue weighted by atomic mass is 32.2. The largest absolute Gasteiger partial charge is 0.379 e. The summed E-state index contributed by atoms with van der Waals surface area (Å²) >= 11 is 0. The maximum absolute atomic E-state index is 12.2. The maximum atomic E-state index is 12.2. The molecule has 0 saturated carbocycles. The molecule has 0 amide bonds. The third kappa shape index (κ3) is 2.66. The first-order valence-corrected chi connectivity index (χ1v) is 7.04. The van der Waals surface area contributed by atoms with Gasteiger partial charge in [-0.3, -0.25) is 0 Å². The van der Waals surface area contributed by atoms with Crippen molar-refractivity contribution >= 4 is 10.0 Å². The number of nitrogens with zero attached hydrogens (tertiary/aromatic N) is 1. The van der Waals surface area contributed by atoms with Gasteiger partial charge in [0.15, 0.2) is 0 Å². The zero-order chi connectivity index (χ0) is 12.3. The van der Waals surface area contributed by atoms with Crippen LogP contribution in [0.15, 0.2) is 29.2 Å². The number of benzene rings is 1. The van der Waals surface area contributed by atoms with Gasteiger partial charge in [0.1, 0.15) is 0 Å². The Hall–Kier alpha value is -0.950. The van der Waals surface area contributed by atoms with Gasteiger partial charge in [-0.2, -0.15) is 4.31 Å². The fourth-order valence-corrected chi connectivity index (χ4v) is 3.17. The van der Waals surface area contributed by atoms with Gasteiger partial charge in [0.05, 0.1) is 24.7 Å². The highest BCUT2D eigenvalue weighted by molar-refractivity contribution is 7.89. The van der Waals surface area contributed by atoms with E-state index in [4.69, 9.17) is 4.74 Å². The van der Waals surface area contributed by atoms with Crippen molar-refractivity contribution in [2.45, 2.75) is 11.4 Å². The van der Waals surface area contributed by atoms with E-state index in [2.05, 4.69) is 5.73 Å². The van der Waals surface area contributed by atoms with Gasteiger partial charge in [-0.25, -0.2) is 8.42 Å². The molecule has 3 N–H and O–H groups in total. The summed E-state index contributed by atoms with van der Waals surface area (Å²) in [6, 6.07) is 6.90. The minimum absolute atomic E-state index is 0.344. The second-order valence-corrected chi connectivity index (χ2v) is 5.85. The van der Waals surface area contributed by atoms with E-state index in [1.165, 1.54) is 4.31 Å². The van der Waals surface area contributed by atoms with Gasteiger partial charge in [-0.05, 0) is 12.1 Å². The average molecular weight is 257 g/mol. The van der Waals surface area contributed by atoms with Crippen molar-refractivity contribution in [2.75, 3.05) is 26.3 Å². The lowest BCUT2D eigenvalue weighted by Gasteiger charge is -2.26. The van der Waals surface area contributed by atoms with Crippen molar-refractivity contribution < 1.29 is 18.9 Å². The summed E-state index contributed by atoms with van der Waals surface area (Å²) in [5.74, 6) is 0. The Morgan fingerprint density at radius 2 is 1.76 bits per heavy atom. The van der Waals surface area contributed by atoms with Crippen LogP contribution in [-0.2, 0) is 21.3 Å². The summed E-state index contributed by atoms with van der Waals surface area (Å²) in [6.07, 6.45) is 0. The number of hydrogen-bond donors (Lipinski definition) is 1. The normalized spacial score (nSPS) is 18.2. The van der Waals surface area contributed by atoms with Gasteiger partial charge < -0.3 is 10.5 Å². The van der Waals surface area contributed by atoms with Crippen molar-refractivity contribution in [3.63, 3.8) is 0 Å². The van der Waals surface area contributed by atoms with E-state index < -0.39 is 10.0 Å². The maximum Gasteiger partial charge on any atom is 0.243 e. The smallest absolute Gasteiger partial charge is 0.243 e. The quantitative estimate of drug-likeness (QED) is 0.789. The molecule has 1 aliphatic heterocycles. The summed E-state index contributed by atoms with van der Waals surface area (Å²) in [4.78, 5) is 0.344. The van der Waals surface area contributed by atoms with Crippen LogP contribution in [-0.4, -0.2) is 39.0 Å². The van der Waals surface area contributed by atoms with E-state index in [-0.39, 0.29) is 0 Å². The van der Waals surface area contributed by atoms with E-state index in [0.717, 1.165) is 5.56 Å². The molecule has 1 aromatic carbocycles. The summed E-state index contributed by atoms with van der Waals surface area (Å²) in [5.41, 5.74) is 4.79. The summed E-state index contributed by atoms with van der Waals surface area (Å²) in [5, 5.41) is 0. The molecular formula is C11H17N2O3S+. The number of sulfonamides is 1. The molecule has 0 unspecified atom stereocenters.